The van der Waals surface area contributed by atoms with Gasteiger partial charge in [-0.2, -0.15) is 0 Å². The van der Waals surface area contributed by atoms with Gasteiger partial charge >= 0.3 is 17.9 Å². The molecule has 0 N–H and O–H groups in total. The lowest BCUT2D eigenvalue weighted by atomic mass is 10.0. The Morgan fingerprint density at radius 3 is 1.62 bits per heavy atom. The Morgan fingerprint density at radius 1 is 0.762 bits per heavy atom. The van der Waals surface area contributed by atoms with E-state index in [-0.39, 0.29) is 26.1 Å². The minimum absolute atomic E-state index is 0.00683. The fourth-order valence-electron chi connectivity index (χ4n) is 1.49. The lowest BCUT2D eigenvalue weighted by molar-refractivity contribution is -0.162. The fraction of sp³-hybridized carbons (Fsp3) is 0.800. The van der Waals surface area contributed by atoms with E-state index in [1.807, 2.05) is 20.8 Å². The molecule has 0 rings (SSSR count). The van der Waals surface area contributed by atoms with Gasteiger partial charge < -0.3 is 14.2 Å². The summed E-state index contributed by atoms with van der Waals surface area (Å²) in [4.78, 5) is 35.2. The molecule has 0 atom stereocenters. The minimum Gasteiger partial charge on any atom is -0.466 e. The van der Waals surface area contributed by atoms with Gasteiger partial charge in [0.2, 0.25) is 0 Å². The molecule has 0 radical (unpaired) electrons. The first-order valence-electron chi connectivity index (χ1n) is 7.55. The van der Waals surface area contributed by atoms with E-state index in [2.05, 4.69) is 0 Å². The van der Waals surface area contributed by atoms with Crippen LogP contribution in [0.5, 0.6) is 0 Å². The largest absolute Gasteiger partial charge is 0.466 e. The highest BCUT2D eigenvalue weighted by Gasteiger charge is 2.30. The molecule has 0 aromatic rings. The standard InChI is InChI=1S/C15H26O6/c1-4-9-19-13(16)8-7-12(14(17)20-10-5-2)15(18)21-11-6-3/h12H,4-11H2,1-3H3. The van der Waals surface area contributed by atoms with E-state index in [9.17, 15) is 14.4 Å². The second-order valence-electron chi connectivity index (χ2n) is 4.65. The monoisotopic (exact) mass is 302 g/mol. The van der Waals surface area contributed by atoms with Crippen LogP contribution in [-0.2, 0) is 28.6 Å². The molecular weight excluding hydrogens is 276 g/mol. The van der Waals surface area contributed by atoms with E-state index in [4.69, 9.17) is 14.2 Å². The molecule has 0 saturated heterocycles. The Hall–Kier alpha value is -1.59. The molecule has 0 aliphatic heterocycles. The Labute approximate surface area is 126 Å². The van der Waals surface area contributed by atoms with Crippen molar-refractivity contribution in [1.82, 2.24) is 0 Å². The van der Waals surface area contributed by atoms with Gasteiger partial charge in [0.05, 0.1) is 19.8 Å². The molecule has 0 aliphatic rings. The zero-order valence-electron chi connectivity index (χ0n) is 13.2. The first kappa shape index (κ1) is 19.4. The van der Waals surface area contributed by atoms with Crippen LogP contribution in [0.15, 0.2) is 0 Å². The normalized spacial score (nSPS) is 10.3. The first-order chi connectivity index (χ1) is 10.1. The predicted molar refractivity (Wildman–Crippen MR) is 76.5 cm³/mol. The molecule has 0 amide bonds. The second kappa shape index (κ2) is 12.2. The SMILES string of the molecule is CCCOC(=O)CCC(C(=O)OCCC)C(=O)OCCC. The number of rotatable bonds is 11. The smallest absolute Gasteiger partial charge is 0.320 e. The Kier molecular flexibility index (Phi) is 11.3. The van der Waals surface area contributed by atoms with Gasteiger partial charge in [0, 0.05) is 6.42 Å². The molecule has 122 valence electrons. The van der Waals surface area contributed by atoms with E-state index < -0.39 is 23.8 Å². The summed E-state index contributed by atoms with van der Waals surface area (Å²) in [6.45, 7) is 6.44. The zero-order chi connectivity index (χ0) is 16.1. The maximum atomic E-state index is 11.9. The predicted octanol–water partition coefficient (Wildman–Crippen LogP) is 2.24. The fourth-order valence-corrected chi connectivity index (χ4v) is 1.49. The van der Waals surface area contributed by atoms with E-state index in [0.29, 0.717) is 19.4 Å². The van der Waals surface area contributed by atoms with Gasteiger partial charge in [0.15, 0.2) is 5.92 Å². The molecule has 0 aromatic carbocycles. The van der Waals surface area contributed by atoms with Crippen molar-refractivity contribution < 1.29 is 28.6 Å². The van der Waals surface area contributed by atoms with Crippen LogP contribution in [0, 0.1) is 5.92 Å². The second-order valence-corrected chi connectivity index (χ2v) is 4.65. The van der Waals surface area contributed by atoms with Gasteiger partial charge in [0.25, 0.3) is 0 Å². The van der Waals surface area contributed by atoms with Crippen LogP contribution in [0.1, 0.15) is 52.9 Å². The van der Waals surface area contributed by atoms with E-state index >= 15 is 0 Å². The van der Waals surface area contributed by atoms with Crippen molar-refractivity contribution in [1.29, 1.82) is 0 Å². The lowest BCUT2D eigenvalue weighted by Crippen LogP contribution is -2.29. The molecule has 0 aromatic heterocycles. The summed E-state index contributed by atoms with van der Waals surface area (Å²) in [5.41, 5.74) is 0. The molecule has 0 fully saturated rings. The van der Waals surface area contributed by atoms with Crippen molar-refractivity contribution in [2.45, 2.75) is 52.9 Å². The quantitative estimate of drug-likeness (QED) is 0.331. The highest BCUT2D eigenvalue weighted by Crippen LogP contribution is 2.13. The van der Waals surface area contributed by atoms with Crippen molar-refractivity contribution in [2.75, 3.05) is 19.8 Å². The van der Waals surface area contributed by atoms with E-state index in [1.54, 1.807) is 0 Å². The van der Waals surface area contributed by atoms with Gasteiger partial charge in [-0.05, 0) is 25.7 Å². The highest BCUT2D eigenvalue weighted by molar-refractivity contribution is 5.95. The van der Waals surface area contributed by atoms with Crippen molar-refractivity contribution in [3.63, 3.8) is 0 Å². The number of ether oxygens (including phenoxy) is 3. The highest BCUT2D eigenvalue weighted by atomic mass is 16.6. The van der Waals surface area contributed by atoms with Crippen LogP contribution < -0.4 is 0 Å². The molecule has 6 nitrogen and oxygen atoms in total. The molecular formula is C15H26O6. The molecule has 0 bridgehead atoms. The topological polar surface area (TPSA) is 78.9 Å². The average molecular weight is 302 g/mol. The van der Waals surface area contributed by atoms with Crippen LogP contribution in [0.2, 0.25) is 0 Å². The molecule has 0 aliphatic carbocycles. The van der Waals surface area contributed by atoms with Crippen LogP contribution in [0.3, 0.4) is 0 Å². The zero-order valence-corrected chi connectivity index (χ0v) is 13.2. The first-order valence-corrected chi connectivity index (χ1v) is 7.55. The summed E-state index contributed by atoms with van der Waals surface area (Å²) >= 11 is 0. The summed E-state index contributed by atoms with van der Waals surface area (Å²) in [5.74, 6) is -2.76. The van der Waals surface area contributed by atoms with Crippen LogP contribution in [0.4, 0.5) is 0 Å². The summed E-state index contributed by atoms with van der Waals surface area (Å²) in [6.07, 6.45) is 2.11. The number of hydrogen-bond donors (Lipinski definition) is 0. The van der Waals surface area contributed by atoms with Crippen molar-refractivity contribution >= 4 is 17.9 Å². The summed E-state index contributed by atoms with van der Waals surface area (Å²) in [6, 6.07) is 0. The Morgan fingerprint density at radius 2 is 1.19 bits per heavy atom. The van der Waals surface area contributed by atoms with Crippen molar-refractivity contribution in [3.05, 3.63) is 0 Å². The number of hydrogen-bond acceptors (Lipinski definition) is 6. The summed E-state index contributed by atoms with van der Waals surface area (Å²) in [5, 5.41) is 0. The Bertz CT molecular complexity index is 306. The van der Waals surface area contributed by atoms with E-state index in [1.165, 1.54) is 0 Å². The molecule has 0 unspecified atom stereocenters. The lowest BCUT2D eigenvalue weighted by Gasteiger charge is -2.14. The van der Waals surface area contributed by atoms with Gasteiger partial charge in [0.1, 0.15) is 0 Å². The molecule has 0 saturated carbocycles. The number of carbonyl (C=O) groups excluding carboxylic acids is 3. The third kappa shape index (κ3) is 9.05. The van der Waals surface area contributed by atoms with Crippen molar-refractivity contribution in [2.24, 2.45) is 5.92 Å². The van der Waals surface area contributed by atoms with E-state index in [0.717, 1.165) is 6.42 Å². The molecule has 0 heterocycles. The number of carbonyl (C=O) groups is 3. The third-order valence-electron chi connectivity index (χ3n) is 2.57. The summed E-state index contributed by atoms with van der Waals surface area (Å²) in [7, 11) is 0. The third-order valence-corrected chi connectivity index (χ3v) is 2.57. The van der Waals surface area contributed by atoms with Crippen LogP contribution in [-0.4, -0.2) is 37.7 Å². The maximum Gasteiger partial charge on any atom is 0.320 e. The van der Waals surface area contributed by atoms with Gasteiger partial charge in [-0.15, -0.1) is 0 Å². The summed E-state index contributed by atoms with van der Waals surface area (Å²) < 4.78 is 14.9. The number of esters is 3. The molecule has 6 heteroatoms. The maximum absolute atomic E-state index is 11.9. The van der Waals surface area contributed by atoms with Crippen LogP contribution >= 0.6 is 0 Å². The van der Waals surface area contributed by atoms with Gasteiger partial charge in [-0.3, -0.25) is 14.4 Å². The molecule has 0 spiro atoms. The average Bonchev–Trinajstić information content (AvgIpc) is 2.48. The van der Waals surface area contributed by atoms with Crippen LogP contribution in [0.25, 0.3) is 0 Å². The minimum atomic E-state index is -1.06. The Balaban J connectivity index is 4.46. The van der Waals surface area contributed by atoms with Crippen molar-refractivity contribution in [3.8, 4) is 0 Å². The van der Waals surface area contributed by atoms with Gasteiger partial charge in [-0.25, -0.2) is 0 Å². The molecule has 21 heavy (non-hydrogen) atoms. The van der Waals surface area contributed by atoms with Gasteiger partial charge in [-0.1, -0.05) is 20.8 Å².